The van der Waals surface area contributed by atoms with Crippen LogP contribution >= 0.6 is 0 Å². The number of rotatable bonds is 5. The maximum absolute atomic E-state index is 13.3. The highest BCUT2D eigenvalue weighted by molar-refractivity contribution is 7.89. The largest absolute Gasteiger partial charge is 0.356 e. The van der Waals surface area contributed by atoms with Gasteiger partial charge in [-0.2, -0.15) is 4.31 Å². The zero-order valence-electron chi connectivity index (χ0n) is 19.6. The number of aromatic nitrogens is 3. The van der Waals surface area contributed by atoms with Crippen molar-refractivity contribution in [1.29, 1.82) is 0 Å². The Kier molecular flexibility index (Phi) is 6.32. The molecule has 0 spiro atoms. The number of fused-ring (bicyclic) bond motifs is 1. The Morgan fingerprint density at radius 1 is 1.03 bits per heavy atom. The second-order valence-electron chi connectivity index (χ2n) is 9.81. The molecule has 2 atom stereocenters. The summed E-state index contributed by atoms with van der Waals surface area (Å²) >= 11 is 0. The molecule has 0 radical (unpaired) electrons. The molecule has 2 fully saturated rings. The smallest absolute Gasteiger partial charge is 0.293 e. The van der Waals surface area contributed by atoms with Gasteiger partial charge in [0, 0.05) is 38.7 Å². The molecule has 1 aromatic heterocycles. The minimum absolute atomic E-state index is 0.0101. The number of nitro benzene ring substituents is 1. The van der Waals surface area contributed by atoms with Crippen LogP contribution in [0.1, 0.15) is 69.6 Å². The van der Waals surface area contributed by atoms with Gasteiger partial charge in [-0.1, -0.05) is 13.3 Å². The summed E-state index contributed by atoms with van der Waals surface area (Å²) in [6, 6.07) is 4.26. The summed E-state index contributed by atoms with van der Waals surface area (Å²) in [4.78, 5) is 13.6. The van der Waals surface area contributed by atoms with Crippen LogP contribution in [0.2, 0.25) is 0 Å². The topological polar surface area (TPSA) is 114 Å². The van der Waals surface area contributed by atoms with Gasteiger partial charge >= 0.3 is 0 Å². The summed E-state index contributed by atoms with van der Waals surface area (Å²) in [5, 5.41) is 21.0. The average molecular weight is 489 g/mol. The minimum atomic E-state index is -3.78. The molecule has 2 saturated heterocycles. The summed E-state index contributed by atoms with van der Waals surface area (Å²) < 4.78 is 30.2. The molecule has 1 aromatic carbocycles. The second kappa shape index (κ2) is 9.26. The highest BCUT2D eigenvalue weighted by atomic mass is 32.2. The maximum Gasteiger partial charge on any atom is 0.293 e. The molecule has 34 heavy (non-hydrogen) atoms. The fourth-order valence-corrected chi connectivity index (χ4v) is 7.26. The van der Waals surface area contributed by atoms with Gasteiger partial charge in [0.05, 0.1) is 15.9 Å². The van der Waals surface area contributed by atoms with E-state index in [1.165, 1.54) is 16.4 Å². The number of aryl methyl sites for hydroxylation is 1. The molecule has 0 amide bonds. The molecule has 11 heteroatoms. The Morgan fingerprint density at radius 3 is 2.65 bits per heavy atom. The van der Waals surface area contributed by atoms with Gasteiger partial charge in [0.1, 0.15) is 11.5 Å². The number of nitro groups is 1. The number of anilines is 1. The van der Waals surface area contributed by atoms with E-state index in [0.29, 0.717) is 25.3 Å². The molecule has 3 aliphatic rings. The van der Waals surface area contributed by atoms with Crippen molar-refractivity contribution in [1.82, 2.24) is 19.1 Å². The monoisotopic (exact) mass is 488 g/mol. The first-order valence-electron chi connectivity index (χ1n) is 12.3. The Bertz CT molecular complexity index is 1180. The second-order valence-corrected chi connectivity index (χ2v) is 11.7. The lowest BCUT2D eigenvalue weighted by Gasteiger charge is -2.30. The molecular weight excluding hydrogens is 456 g/mol. The van der Waals surface area contributed by atoms with Gasteiger partial charge in [0.15, 0.2) is 5.82 Å². The van der Waals surface area contributed by atoms with Gasteiger partial charge < -0.3 is 9.47 Å². The van der Waals surface area contributed by atoms with Crippen LogP contribution in [0.15, 0.2) is 23.1 Å². The molecule has 0 saturated carbocycles. The summed E-state index contributed by atoms with van der Waals surface area (Å²) in [7, 11) is -3.78. The molecular formula is C23H32N6O4S. The maximum atomic E-state index is 13.3. The summed E-state index contributed by atoms with van der Waals surface area (Å²) in [6.45, 7) is 4.46. The average Bonchev–Trinajstić information content (AvgIpc) is 3.39. The number of benzene rings is 1. The third-order valence-electron chi connectivity index (χ3n) is 7.40. The molecule has 0 bridgehead atoms. The van der Waals surface area contributed by atoms with E-state index in [0.717, 1.165) is 69.6 Å². The molecule has 0 aliphatic carbocycles. The van der Waals surface area contributed by atoms with Crippen molar-refractivity contribution in [2.75, 3.05) is 24.5 Å². The predicted molar refractivity (Wildman–Crippen MR) is 127 cm³/mol. The molecule has 10 nitrogen and oxygen atoms in total. The SMILES string of the molecule is C[C@@H]1CCCN(S(=O)(=O)c2ccc(N3CCC[C@H]3c3nnc4n3CCCCC4)c([N+](=O)[O-])c2)C1. The van der Waals surface area contributed by atoms with E-state index < -0.39 is 14.9 Å². The van der Waals surface area contributed by atoms with Crippen LogP contribution in [0.5, 0.6) is 0 Å². The van der Waals surface area contributed by atoms with E-state index in [1.807, 2.05) is 11.8 Å². The van der Waals surface area contributed by atoms with E-state index in [4.69, 9.17) is 0 Å². The Balaban J connectivity index is 1.49. The molecule has 5 rings (SSSR count). The first-order chi connectivity index (χ1) is 16.4. The number of sulfonamides is 1. The highest BCUT2D eigenvalue weighted by Gasteiger charge is 2.36. The number of hydrogen-bond donors (Lipinski definition) is 0. The third-order valence-corrected chi connectivity index (χ3v) is 9.26. The Labute approximate surface area is 200 Å². The van der Waals surface area contributed by atoms with Gasteiger partial charge in [-0.25, -0.2) is 8.42 Å². The fourth-order valence-electron chi connectivity index (χ4n) is 5.64. The molecule has 2 aromatic rings. The number of nitrogens with zero attached hydrogens (tertiary/aromatic N) is 6. The van der Waals surface area contributed by atoms with Gasteiger partial charge in [-0.15, -0.1) is 10.2 Å². The molecule has 184 valence electrons. The lowest BCUT2D eigenvalue weighted by atomic mass is 10.0. The van der Waals surface area contributed by atoms with Crippen molar-refractivity contribution in [2.45, 2.75) is 75.8 Å². The number of hydrogen-bond acceptors (Lipinski definition) is 7. The van der Waals surface area contributed by atoms with Crippen LogP contribution in [-0.2, 0) is 23.0 Å². The predicted octanol–water partition coefficient (Wildman–Crippen LogP) is 3.67. The Hall–Kier alpha value is -2.53. The zero-order chi connectivity index (χ0) is 23.9. The standard InChI is InChI=1S/C23H32N6O4S/c1-17-7-5-12-26(16-17)34(32,33)18-10-11-19(21(15-18)29(30)31)27-14-6-8-20(27)23-25-24-22-9-3-2-4-13-28(22)23/h10-11,15,17,20H,2-9,12-14,16H2,1H3/t17-,20+/m1/s1. The van der Waals surface area contributed by atoms with Crippen LogP contribution in [0.4, 0.5) is 11.4 Å². The lowest BCUT2D eigenvalue weighted by molar-refractivity contribution is -0.384. The van der Waals surface area contributed by atoms with E-state index in [1.54, 1.807) is 6.07 Å². The highest BCUT2D eigenvalue weighted by Crippen LogP contribution is 2.41. The molecule has 0 unspecified atom stereocenters. The molecule has 3 aliphatic heterocycles. The molecule has 0 N–H and O–H groups in total. The van der Waals surface area contributed by atoms with Gasteiger partial charge in [-0.3, -0.25) is 10.1 Å². The first kappa shape index (κ1) is 23.2. The molecule has 4 heterocycles. The van der Waals surface area contributed by atoms with Crippen LogP contribution in [-0.4, -0.2) is 52.0 Å². The van der Waals surface area contributed by atoms with Crippen LogP contribution in [0.25, 0.3) is 0 Å². The third kappa shape index (κ3) is 4.19. The van der Waals surface area contributed by atoms with Crippen molar-refractivity contribution in [3.05, 3.63) is 40.0 Å². The minimum Gasteiger partial charge on any atom is -0.356 e. The van der Waals surface area contributed by atoms with E-state index >= 15 is 0 Å². The van der Waals surface area contributed by atoms with Crippen molar-refractivity contribution in [2.24, 2.45) is 5.92 Å². The van der Waals surface area contributed by atoms with Gasteiger partial charge in [-0.05, 0) is 56.6 Å². The lowest BCUT2D eigenvalue weighted by Crippen LogP contribution is -2.39. The number of piperidine rings is 1. The summed E-state index contributed by atoms with van der Waals surface area (Å²) in [6.07, 6.45) is 7.76. The Morgan fingerprint density at radius 2 is 1.85 bits per heavy atom. The summed E-state index contributed by atoms with van der Waals surface area (Å²) in [5.41, 5.74) is 0.276. The first-order valence-corrected chi connectivity index (χ1v) is 13.8. The van der Waals surface area contributed by atoms with Crippen LogP contribution in [0, 0.1) is 16.0 Å². The van der Waals surface area contributed by atoms with Crippen molar-refractivity contribution in [3.8, 4) is 0 Å². The normalized spacial score (nSPS) is 24.1. The van der Waals surface area contributed by atoms with Crippen LogP contribution < -0.4 is 4.90 Å². The van der Waals surface area contributed by atoms with Crippen molar-refractivity contribution < 1.29 is 13.3 Å². The van der Waals surface area contributed by atoms with Gasteiger partial charge in [0.25, 0.3) is 5.69 Å². The van der Waals surface area contributed by atoms with Gasteiger partial charge in [0.2, 0.25) is 10.0 Å². The summed E-state index contributed by atoms with van der Waals surface area (Å²) in [5.74, 6) is 2.13. The van der Waals surface area contributed by atoms with E-state index in [2.05, 4.69) is 14.8 Å². The zero-order valence-corrected chi connectivity index (χ0v) is 20.4. The van der Waals surface area contributed by atoms with Crippen molar-refractivity contribution >= 4 is 21.4 Å². The van der Waals surface area contributed by atoms with Crippen molar-refractivity contribution in [3.63, 3.8) is 0 Å². The quantitative estimate of drug-likeness (QED) is 0.466. The van der Waals surface area contributed by atoms with E-state index in [-0.39, 0.29) is 22.5 Å². The van der Waals surface area contributed by atoms with Crippen LogP contribution in [0.3, 0.4) is 0 Å². The van der Waals surface area contributed by atoms with E-state index in [9.17, 15) is 18.5 Å². The fraction of sp³-hybridized carbons (Fsp3) is 0.652.